The van der Waals surface area contributed by atoms with E-state index in [-0.39, 0.29) is 43.7 Å². The zero-order valence-corrected chi connectivity index (χ0v) is 16.4. The van der Waals surface area contributed by atoms with Crippen LogP contribution in [0.25, 0.3) is 0 Å². The molecule has 0 N–H and O–H groups in total. The number of rotatable bonds is 4. The molecule has 1 aromatic rings. The smallest absolute Gasteiger partial charge is 0.264 e. The molecule has 8 nitrogen and oxygen atoms in total. The van der Waals surface area contributed by atoms with Crippen molar-refractivity contribution < 1.29 is 27.0 Å². The molecular formula is C19H20N2O6S. The molecule has 2 heterocycles. The molecule has 3 rings (SSSR count). The Hall–Kier alpha value is -2.70. The first-order valence-electron chi connectivity index (χ1n) is 8.75. The van der Waals surface area contributed by atoms with Gasteiger partial charge in [0, 0.05) is 37.6 Å². The normalized spacial score (nSPS) is 19.5. The zero-order valence-electron chi connectivity index (χ0n) is 15.6. The molecule has 0 aromatic heterocycles. The Morgan fingerprint density at radius 3 is 2.71 bits per heavy atom. The third-order valence-electron chi connectivity index (χ3n) is 4.74. The second-order valence-corrected chi connectivity index (χ2v) is 8.33. The van der Waals surface area contributed by atoms with Crippen LogP contribution < -0.4 is 0 Å². The average Bonchev–Trinajstić information content (AvgIpc) is 2.96. The Balaban J connectivity index is 1.76. The molecule has 148 valence electrons. The first kappa shape index (κ1) is 20.0. The van der Waals surface area contributed by atoms with Crippen LogP contribution in [0, 0.1) is 11.8 Å². The maximum Gasteiger partial charge on any atom is 0.264 e. The summed E-state index contributed by atoms with van der Waals surface area (Å²) in [4.78, 5) is 39.5. The monoisotopic (exact) mass is 404 g/mol. The number of piperidine rings is 1. The molecule has 28 heavy (non-hydrogen) atoms. The molecule has 3 amide bonds. The second kappa shape index (κ2) is 7.73. The van der Waals surface area contributed by atoms with Gasteiger partial charge in [0.2, 0.25) is 5.91 Å². The van der Waals surface area contributed by atoms with Crippen molar-refractivity contribution in [2.24, 2.45) is 0 Å². The van der Waals surface area contributed by atoms with Gasteiger partial charge in [-0.2, -0.15) is 8.42 Å². The third kappa shape index (κ3) is 4.08. The quantitative estimate of drug-likeness (QED) is 0.314. The average molecular weight is 404 g/mol. The summed E-state index contributed by atoms with van der Waals surface area (Å²) in [6.45, 7) is 0.208. The van der Waals surface area contributed by atoms with Crippen molar-refractivity contribution in [3.63, 3.8) is 0 Å². The van der Waals surface area contributed by atoms with E-state index >= 15 is 0 Å². The summed E-state index contributed by atoms with van der Waals surface area (Å²) in [5, 5.41) is 0. The third-order valence-corrected chi connectivity index (χ3v) is 5.34. The summed E-state index contributed by atoms with van der Waals surface area (Å²) in [7, 11) is -2.07. The molecule has 0 spiro atoms. The summed E-state index contributed by atoms with van der Waals surface area (Å²) in [5.41, 5.74) is 1.88. The van der Waals surface area contributed by atoms with E-state index in [9.17, 15) is 22.8 Å². The molecule has 1 aromatic carbocycles. The van der Waals surface area contributed by atoms with Gasteiger partial charge in [-0.15, -0.1) is 0 Å². The number of imide groups is 1. The minimum atomic E-state index is -3.50. The first-order chi connectivity index (χ1) is 13.2. The van der Waals surface area contributed by atoms with Gasteiger partial charge in [-0.1, -0.05) is 17.9 Å². The fourth-order valence-electron chi connectivity index (χ4n) is 3.31. The van der Waals surface area contributed by atoms with E-state index in [1.807, 2.05) is 0 Å². The van der Waals surface area contributed by atoms with Gasteiger partial charge in [0.05, 0.1) is 12.9 Å². The van der Waals surface area contributed by atoms with E-state index in [4.69, 9.17) is 0 Å². The molecule has 1 unspecified atom stereocenters. The molecule has 9 heteroatoms. The number of carbonyl (C=O) groups excluding carboxylic acids is 3. The van der Waals surface area contributed by atoms with Crippen molar-refractivity contribution in [2.45, 2.75) is 31.8 Å². The van der Waals surface area contributed by atoms with Crippen LogP contribution in [0.4, 0.5) is 0 Å². The van der Waals surface area contributed by atoms with Crippen molar-refractivity contribution in [3.8, 4) is 11.8 Å². The van der Waals surface area contributed by atoms with Crippen molar-refractivity contribution >= 4 is 27.8 Å². The van der Waals surface area contributed by atoms with Gasteiger partial charge in [-0.25, -0.2) is 0 Å². The van der Waals surface area contributed by atoms with Crippen LogP contribution in [0.3, 0.4) is 0 Å². The highest BCUT2D eigenvalue weighted by molar-refractivity contribution is 7.85. The lowest BCUT2D eigenvalue weighted by Crippen LogP contribution is -2.53. The van der Waals surface area contributed by atoms with Crippen LogP contribution in [0.5, 0.6) is 0 Å². The highest BCUT2D eigenvalue weighted by atomic mass is 32.2. The van der Waals surface area contributed by atoms with Crippen LogP contribution in [-0.2, 0) is 30.4 Å². The Morgan fingerprint density at radius 2 is 2.00 bits per heavy atom. The van der Waals surface area contributed by atoms with Gasteiger partial charge in [-0.05, 0) is 24.1 Å². The number of nitrogens with zero attached hydrogens (tertiary/aromatic N) is 2. The first-order valence-corrected chi connectivity index (χ1v) is 10.6. The number of amides is 3. The molecule has 0 saturated carbocycles. The number of likely N-dealkylation sites (N-methyl/N-ethyl adjacent to an activating group) is 1. The Labute approximate surface area is 163 Å². The minimum Gasteiger partial charge on any atom is -0.322 e. The summed E-state index contributed by atoms with van der Waals surface area (Å²) in [6, 6.07) is 4.53. The predicted molar refractivity (Wildman–Crippen MR) is 99.4 cm³/mol. The van der Waals surface area contributed by atoms with Gasteiger partial charge >= 0.3 is 0 Å². The van der Waals surface area contributed by atoms with Gasteiger partial charge in [0.15, 0.2) is 0 Å². The number of likely N-dealkylation sites (tertiary alicyclic amines) is 1. The van der Waals surface area contributed by atoms with Gasteiger partial charge in [-0.3, -0.25) is 23.5 Å². The molecular weight excluding hydrogens is 384 g/mol. The van der Waals surface area contributed by atoms with Crippen molar-refractivity contribution in [2.75, 3.05) is 19.9 Å². The maximum atomic E-state index is 12.8. The highest BCUT2D eigenvalue weighted by Crippen LogP contribution is 2.30. The predicted octanol–water partition coefficient (Wildman–Crippen LogP) is 0.508. The lowest BCUT2D eigenvalue weighted by atomic mass is 10.0. The summed E-state index contributed by atoms with van der Waals surface area (Å²) >= 11 is 0. The van der Waals surface area contributed by atoms with Crippen molar-refractivity contribution in [3.05, 3.63) is 34.9 Å². The van der Waals surface area contributed by atoms with Crippen LogP contribution in [0.2, 0.25) is 0 Å². The zero-order chi connectivity index (χ0) is 20.5. The van der Waals surface area contributed by atoms with E-state index in [1.165, 1.54) is 11.9 Å². The summed E-state index contributed by atoms with van der Waals surface area (Å²) < 4.78 is 26.5. The fourth-order valence-corrected chi connectivity index (χ4v) is 3.70. The standard InChI is InChI=1S/C19H20N2O6S/c1-20-17(22)10-9-16(19(20)24)21-12-15-13(7-5-8-14(15)18(21)23)6-3-4-11-27-28(2,25)26/h5,7-8,16H,4,9-12H2,1-2H3. The van der Waals surface area contributed by atoms with Crippen LogP contribution in [-0.4, -0.2) is 61.9 Å². The lowest BCUT2D eigenvalue weighted by molar-refractivity contribution is -0.150. The molecule has 0 radical (unpaired) electrons. The van der Waals surface area contributed by atoms with Gasteiger partial charge in [0.25, 0.3) is 21.9 Å². The topological polar surface area (TPSA) is 101 Å². The van der Waals surface area contributed by atoms with Crippen LogP contribution in [0.1, 0.15) is 40.7 Å². The van der Waals surface area contributed by atoms with E-state index in [0.717, 1.165) is 16.7 Å². The minimum absolute atomic E-state index is 0.0388. The summed E-state index contributed by atoms with van der Waals surface area (Å²) in [6.07, 6.45) is 1.73. The molecule has 1 fully saturated rings. The Bertz CT molecular complexity index is 1000. The van der Waals surface area contributed by atoms with Crippen LogP contribution in [0.15, 0.2) is 18.2 Å². The van der Waals surface area contributed by atoms with E-state index < -0.39 is 16.2 Å². The Morgan fingerprint density at radius 1 is 1.25 bits per heavy atom. The van der Waals surface area contributed by atoms with E-state index in [1.54, 1.807) is 18.2 Å². The molecule has 2 aliphatic heterocycles. The second-order valence-electron chi connectivity index (χ2n) is 6.69. The Kier molecular flexibility index (Phi) is 5.54. The van der Waals surface area contributed by atoms with Crippen LogP contribution >= 0.6 is 0 Å². The van der Waals surface area contributed by atoms with Crippen molar-refractivity contribution in [1.82, 2.24) is 9.80 Å². The SMILES string of the molecule is CN1C(=O)CCC(N2Cc3c(C#CCCOS(C)(=O)=O)cccc3C2=O)C1=O. The molecule has 1 saturated heterocycles. The van der Waals surface area contributed by atoms with Crippen molar-refractivity contribution in [1.29, 1.82) is 0 Å². The number of carbonyl (C=O) groups is 3. The number of hydrogen-bond acceptors (Lipinski definition) is 6. The lowest BCUT2D eigenvalue weighted by Gasteiger charge is -2.33. The number of benzene rings is 1. The highest BCUT2D eigenvalue weighted by Gasteiger charge is 2.41. The number of hydrogen-bond donors (Lipinski definition) is 0. The molecule has 2 aliphatic rings. The van der Waals surface area contributed by atoms with E-state index in [0.29, 0.717) is 17.5 Å². The van der Waals surface area contributed by atoms with Gasteiger partial charge in [0.1, 0.15) is 6.04 Å². The van der Waals surface area contributed by atoms with Gasteiger partial charge < -0.3 is 4.90 Å². The number of fused-ring (bicyclic) bond motifs is 1. The fraction of sp³-hybridized carbons (Fsp3) is 0.421. The molecule has 1 atom stereocenters. The molecule has 0 bridgehead atoms. The maximum absolute atomic E-state index is 12.8. The van der Waals surface area contributed by atoms with E-state index in [2.05, 4.69) is 16.0 Å². The summed E-state index contributed by atoms with van der Waals surface area (Å²) in [5.74, 6) is 4.93. The largest absolute Gasteiger partial charge is 0.322 e. The molecule has 0 aliphatic carbocycles.